The molecule has 0 aliphatic carbocycles. The van der Waals surface area contributed by atoms with E-state index in [-0.39, 0.29) is 6.61 Å². The normalized spacial score (nSPS) is 34.5. The zero-order valence-electron chi connectivity index (χ0n) is 25.0. The fraction of sp³-hybridized carbons (Fsp3) is 0.704. The predicted octanol–water partition coefficient (Wildman–Crippen LogP) is -0.396. The van der Waals surface area contributed by atoms with Crippen LogP contribution in [0, 0.1) is 0 Å². The predicted molar refractivity (Wildman–Crippen MR) is 138 cm³/mol. The van der Waals surface area contributed by atoms with Gasteiger partial charge in [0.2, 0.25) is 12.1 Å². The summed E-state index contributed by atoms with van der Waals surface area (Å²) in [5.41, 5.74) is 0. The minimum absolute atomic E-state index is 0.123. The molecule has 0 spiro atoms. The van der Waals surface area contributed by atoms with Crippen molar-refractivity contribution in [3.05, 3.63) is 12.7 Å². The standard InChI is InChI=1S/C27H36O17/c1-8-20-35-9-18-21(42-20)23(38-15(5)31)24(39-16(6)32)26(41-18)44-27(11-36-13(3)29)25(40-17(7)33)22(37-14(4)30)19(43-27)10-34-12(2)28/h8,18-26H,1,9-11H2,2-7H3/t18-,19-,20?,21-,22-,23+,24-,25+,26-,27+/m1/s1. The van der Waals surface area contributed by atoms with Crippen molar-refractivity contribution in [2.45, 2.75) is 103 Å². The molecule has 17 nitrogen and oxygen atoms in total. The number of carbonyl (C=O) groups is 6. The molecule has 3 heterocycles. The van der Waals surface area contributed by atoms with E-state index in [9.17, 15) is 28.8 Å². The molecule has 17 heteroatoms. The summed E-state index contributed by atoms with van der Waals surface area (Å²) < 4.78 is 62.0. The van der Waals surface area contributed by atoms with Gasteiger partial charge in [-0.05, 0) is 6.08 Å². The van der Waals surface area contributed by atoms with Crippen LogP contribution in [0.3, 0.4) is 0 Å². The maximum absolute atomic E-state index is 12.3. The lowest BCUT2D eigenvalue weighted by molar-refractivity contribution is -0.402. The van der Waals surface area contributed by atoms with Crippen molar-refractivity contribution >= 4 is 35.8 Å². The largest absolute Gasteiger partial charge is 0.463 e. The number of rotatable bonds is 11. The Hall–Kier alpha value is -3.64. The molecule has 0 aromatic heterocycles. The molecular weight excluding hydrogens is 596 g/mol. The van der Waals surface area contributed by atoms with Crippen molar-refractivity contribution < 1.29 is 80.9 Å². The Balaban J connectivity index is 2.12. The Morgan fingerprint density at radius 1 is 0.750 bits per heavy atom. The van der Waals surface area contributed by atoms with E-state index >= 15 is 0 Å². The first-order valence-corrected chi connectivity index (χ1v) is 13.5. The third kappa shape index (κ3) is 8.72. The van der Waals surface area contributed by atoms with Gasteiger partial charge in [-0.15, -0.1) is 0 Å². The molecule has 3 aliphatic heterocycles. The summed E-state index contributed by atoms with van der Waals surface area (Å²) in [5, 5.41) is 0. The molecule has 3 aliphatic rings. The Labute approximate surface area is 252 Å². The van der Waals surface area contributed by atoms with E-state index in [2.05, 4.69) is 6.58 Å². The van der Waals surface area contributed by atoms with Gasteiger partial charge in [-0.3, -0.25) is 28.8 Å². The maximum Gasteiger partial charge on any atom is 0.303 e. The molecule has 0 radical (unpaired) electrons. The summed E-state index contributed by atoms with van der Waals surface area (Å²) in [7, 11) is 0. The summed E-state index contributed by atoms with van der Waals surface area (Å²) in [6.07, 6.45) is -10.6. The second kappa shape index (κ2) is 14.9. The summed E-state index contributed by atoms with van der Waals surface area (Å²) >= 11 is 0. The minimum Gasteiger partial charge on any atom is -0.463 e. The fourth-order valence-electron chi connectivity index (χ4n) is 4.89. The highest BCUT2D eigenvalue weighted by molar-refractivity contribution is 5.69. The van der Waals surface area contributed by atoms with Crippen molar-refractivity contribution in [1.29, 1.82) is 0 Å². The van der Waals surface area contributed by atoms with Gasteiger partial charge in [-0.25, -0.2) is 0 Å². The van der Waals surface area contributed by atoms with Crippen molar-refractivity contribution in [2.24, 2.45) is 0 Å². The van der Waals surface area contributed by atoms with Gasteiger partial charge in [-0.2, -0.15) is 0 Å². The molecule has 3 saturated heterocycles. The maximum atomic E-state index is 12.3. The SMILES string of the molecule is C=CC1OC[C@H]2O[C@H](O[C@]3(COC(C)=O)O[C@H](COC(C)=O)[C@@H](OC(C)=O)[C@@H]3OC(C)=O)[C@H](OC(C)=O)[C@@H](OC(C)=O)[C@@H]2O1. The van der Waals surface area contributed by atoms with Gasteiger partial charge in [0.15, 0.2) is 30.7 Å². The van der Waals surface area contributed by atoms with Crippen LogP contribution in [0.5, 0.6) is 0 Å². The van der Waals surface area contributed by atoms with E-state index in [1.165, 1.54) is 6.08 Å². The minimum atomic E-state index is -2.33. The molecule has 0 amide bonds. The van der Waals surface area contributed by atoms with Crippen LogP contribution in [0.1, 0.15) is 41.5 Å². The topological polar surface area (TPSA) is 204 Å². The molecule has 0 aromatic rings. The first kappa shape index (κ1) is 34.8. The average Bonchev–Trinajstić information content (AvgIpc) is 3.18. The van der Waals surface area contributed by atoms with Gasteiger partial charge >= 0.3 is 35.8 Å². The van der Waals surface area contributed by atoms with Gasteiger partial charge in [0.05, 0.1) is 6.61 Å². The first-order valence-electron chi connectivity index (χ1n) is 13.5. The summed E-state index contributed by atoms with van der Waals surface area (Å²) in [6.45, 7) is 8.72. The Bertz CT molecular complexity index is 1120. The zero-order chi connectivity index (χ0) is 32.8. The monoisotopic (exact) mass is 632 g/mol. The van der Waals surface area contributed by atoms with E-state index in [0.29, 0.717) is 0 Å². The Kier molecular flexibility index (Phi) is 11.8. The summed E-state index contributed by atoms with van der Waals surface area (Å²) in [4.78, 5) is 72.4. The lowest BCUT2D eigenvalue weighted by Crippen LogP contribution is -2.67. The highest BCUT2D eigenvalue weighted by atomic mass is 16.8. The van der Waals surface area contributed by atoms with Crippen LogP contribution >= 0.6 is 0 Å². The molecule has 0 saturated carbocycles. The van der Waals surface area contributed by atoms with Crippen molar-refractivity contribution in [2.75, 3.05) is 19.8 Å². The molecule has 44 heavy (non-hydrogen) atoms. The number of ether oxygens (including phenoxy) is 11. The van der Waals surface area contributed by atoms with Gasteiger partial charge in [0, 0.05) is 41.5 Å². The number of esters is 6. The number of carbonyl (C=O) groups excluding carboxylic acids is 6. The van der Waals surface area contributed by atoms with Gasteiger partial charge in [0.25, 0.3) is 0 Å². The van der Waals surface area contributed by atoms with E-state index in [0.717, 1.165) is 41.5 Å². The zero-order valence-corrected chi connectivity index (χ0v) is 25.0. The second-order valence-electron chi connectivity index (χ2n) is 10.0. The van der Waals surface area contributed by atoms with E-state index < -0.39 is 110 Å². The van der Waals surface area contributed by atoms with Crippen LogP contribution in [0.25, 0.3) is 0 Å². The Morgan fingerprint density at radius 2 is 1.32 bits per heavy atom. The van der Waals surface area contributed by atoms with Crippen molar-refractivity contribution in [3.63, 3.8) is 0 Å². The number of fused-ring (bicyclic) bond motifs is 1. The van der Waals surface area contributed by atoms with Crippen LogP contribution in [-0.2, 0) is 80.9 Å². The van der Waals surface area contributed by atoms with Crippen LogP contribution in [0.4, 0.5) is 0 Å². The van der Waals surface area contributed by atoms with Crippen LogP contribution in [0.2, 0.25) is 0 Å². The van der Waals surface area contributed by atoms with Crippen LogP contribution < -0.4 is 0 Å². The van der Waals surface area contributed by atoms with Crippen LogP contribution in [0.15, 0.2) is 12.7 Å². The molecule has 3 fully saturated rings. The van der Waals surface area contributed by atoms with Gasteiger partial charge in [0.1, 0.15) is 31.5 Å². The Morgan fingerprint density at radius 3 is 1.86 bits per heavy atom. The quantitative estimate of drug-likeness (QED) is 0.161. The second-order valence-corrected chi connectivity index (χ2v) is 10.0. The lowest BCUT2D eigenvalue weighted by atomic mass is 9.97. The third-order valence-electron chi connectivity index (χ3n) is 6.39. The number of hydrogen-bond acceptors (Lipinski definition) is 17. The van der Waals surface area contributed by atoms with Gasteiger partial charge in [-0.1, -0.05) is 6.58 Å². The molecule has 10 atom stereocenters. The summed E-state index contributed by atoms with van der Waals surface area (Å²) in [6, 6.07) is 0. The third-order valence-corrected chi connectivity index (χ3v) is 6.39. The fourth-order valence-corrected chi connectivity index (χ4v) is 4.89. The molecule has 3 rings (SSSR count). The molecule has 0 N–H and O–H groups in total. The molecule has 0 aromatic carbocycles. The van der Waals surface area contributed by atoms with E-state index in [4.69, 9.17) is 52.1 Å². The lowest BCUT2D eigenvalue weighted by Gasteiger charge is -2.49. The smallest absolute Gasteiger partial charge is 0.303 e. The van der Waals surface area contributed by atoms with E-state index in [1.54, 1.807) is 0 Å². The molecule has 0 bridgehead atoms. The molecular formula is C27H36O17. The highest BCUT2D eigenvalue weighted by Gasteiger charge is 2.65. The molecule has 246 valence electrons. The molecule has 1 unspecified atom stereocenters. The average molecular weight is 633 g/mol. The van der Waals surface area contributed by atoms with Gasteiger partial charge < -0.3 is 52.1 Å². The van der Waals surface area contributed by atoms with Crippen LogP contribution in [-0.4, -0.2) is 117 Å². The van der Waals surface area contributed by atoms with E-state index in [1.807, 2.05) is 0 Å². The summed E-state index contributed by atoms with van der Waals surface area (Å²) in [5.74, 6) is -7.18. The first-order chi connectivity index (χ1) is 20.6. The van der Waals surface area contributed by atoms with Crippen molar-refractivity contribution in [3.8, 4) is 0 Å². The van der Waals surface area contributed by atoms with Crippen molar-refractivity contribution in [1.82, 2.24) is 0 Å². The number of hydrogen-bond donors (Lipinski definition) is 0. The highest BCUT2D eigenvalue weighted by Crippen LogP contribution is 2.42.